The van der Waals surface area contributed by atoms with E-state index in [1.165, 1.54) is 24.4 Å². The molecule has 0 fully saturated rings. The van der Waals surface area contributed by atoms with Gasteiger partial charge < -0.3 is 10.8 Å². The Bertz CT molecular complexity index is 714. The summed E-state index contributed by atoms with van der Waals surface area (Å²) in [6, 6.07) is 4.95. The number of halogens is 1. The van der Waals surface area contributed by atoms with Gasteiger partial charge in [0.25, 0.3) is 0 Å². The summed E-state index contributed by atoms with van der Waals surface area (Å²) in [6.07, 6.45) is 1.26. The van der Waals surface area contributed by atoms with E-state index in [2.05, 4.69) is 4.98 Å². The second kappa shape index (κ2) is 5.08. The minimum Gasteiger partial charge on any atom is -0.478 e. The normalized spacial score (nSPS) is 10.3. The molecule has 1 aromatic heterocycles. The minimum absolute atomic E-state index is 0.0697. The van der Waals surface area contributed by atoms with Crippen molar-refractivity contribution in [2.45, 2.75) is 6.92 Å². The van der Waals surface area contributed by atoms with Crippen molar-refractivity contribution < 1.29 is 19.1 Å². The van der Waals surface area contributed by atoms with Crippen LogP contribution in [0.2, 0.25) is 0 Å². The predicted octanol–water partition coefficient (Wildman–Crippen LogP) is 2.04. The predicted molar refractivity (Wildman–Crippen MR) is 70.2 cm³/mol. The number of nitrogens with two attached hydrogens (primary N) is 1. The molecule has 0 aliphatic rings. The van der Waals surface area contributed by atoms with Gasteiger partial charge in [0.15, 0.2) is 5.78 Å². The molecule has 0 unspecified atom stereocenters. The third kappa shape index (κ3) is 2.35. The van der Waals surface area contributed by atoms with E-state index < -0.39 is 17.6 Å². The molecule has 0 saturated carbocycles. The maximum Gasteiger partial charge on any atom is 0.340 e. The molecular formula is C14H11FN2O3. The SMILES string of the molecule is Cc1cc(F)ccc1C(=O)c1ccnc(N)c1C(=O)O. The van der Waals surface area contributed by atoms with Crippen LogP contribution >= 0.6 is 0 Å². The van der Waals surface area contributed by atoms with Crippen LogP contribution in [0.5, 0.6) is 0 Å². The first-order valence-electron chi connectivity index (χ1n) is 5.70. The number of hydrogen-bond acceptors (Lipinski definition) is 4. The summed E-state index contributed by atoms with van der Waals surface area (Å²) in [5.74, 6) is -2.57. The van der Waals surface area contributed by atoms with E-state index in [0.717, 1.165) is 6.07 Å². The molecule has 5 nitrogen and oxygen atoms in total. The highest BCUT2D eigenvalue weighted by atomic mass is 19.1. The number of aromatic nitrogens is 1. The van der Waals surface area contributed by atoms with Crippen molar-refractivity contribution in [2.24, 2.45) is 0 Å². The first kappa shape index (κ1) is 13.7. The van der Waals surface area contributed by atoms with Gasteiger partial charge in [-0.25, -0.2) is 14.2 Å². The Labute approximate surface area is 113 Å². The number of anilines is 1. The van der Waals surface area contributed by atoms with Crippen molar-refractivity contribution in [1.82, 2.24) is 4.98 Å². The van der Waals surface area contributed by atoms with E-state index in [9.17, 15) is 14.0 Å². The maximum atomic E-state index is 13.0. The van der Waals surface area contributed by atoms with Gasteiger partial charge in [0.1, 0.15) is 17.2 Å². The molecule has 2 rings (SSSR count). The molecular weight excluding hydrogens is 263 g/mol. The van der Waals surface area contributed by atoms with Crippen LogP contribution in [0.25, 0.3) is 0 Å². The monoisotopic (exact) mass is 274 g/mol. The number of carboxylic acids is 1. The first-order chi connectivity index (χ1) is 9.41. The number of aromatic carboxylic acids is 1. The molecule has 20 heavy (non-hydrogen) atoms. The highest BCUT2D eigenvalue weighted by Gasteiger charge is 2.22. The van der Waals surface area contributed by atoms with Gasteiger partial charge in [0.05, 0.1) is 0 Å². The largest absolute Gasteiger partial charge is 0.478 e. The van der Waals surface area contributed by atoms with E-state index in [4.69, 9.17) is 10.8 Å². The lowest BCUT2D eigenvalue weighted by Crippen LogP contribution is -2.14. The molecule has 0 saturated heterocycles. The molecule has 0 amide bonds. The van der Waals surface area contributed by atoms with Crippen molar-refractivity contribution in [1.29, 1.82) is 0 Å². The van der Waals surface area contributed by atoms with Crippen LogP contribution in [0.3, 0.4) is 0 Å². The third-order valence-electron chi connectivity index (χ3n) is 2.87. The summed E-state index contributed by atoms with van der Waals surface area (Å²) in [6.45, 7) is 1.57. The zero-order valence-electron chi connectivity index (χ0n) is 10.6. The van der Waals surface area contributed by atoms with Crippen molar-refractivity contribution >= 4 is 17.6 Å². The molecule has 0 atom stereocenters. The van der Waals surface area contributed by atoms with Gasteiger partial charge in [-0.05, 0) is 36.8 Å². The number of nitrogens with zero attached hydrogens (tertiary/aromatic N) is 1. The van der Waals surface area contributed by atoms with Gasteiger partial charge >= 0.3 is 5.97 Å². The average molecular weight is 274 g/mol. The second-order valence-corrected chi connectivity index (χ2v) is 4.21. The summed E-state index contributed by atoms with van der Waals surface area (Å²) in [7, 11) is 0. The van der Waals surface area contributed by atoms with Crippen molar-refractivity contribution in [3.63, 3.8) is 0 Å². The van der Waals surface area contributed by atoms with Gasteiger partial charge in [-0.15, -0.1) is 0 Å². The molecule has 1 heterocycles. The fourth-order valence-electron chi connectivity index (χ4n) is 1.92. The summed E-state index contributed by atoms with van der Waals surface area (Å²) < 4.78 is 13.0. The van der Waals surface area contributed by atoms with Crippen LogP contribution in [0.4, 0.5) is 10.2 Å². The number of hydrogen-bond donors (Lipinski definition) is 2. The highest BCUT2D eigenvalue weighted by Crippen LogP contribution is 2.21. The van der Waals surface area contributed by atoms with E-state index in [-0.39, 0.29) is 22.5 Å². The number of pyridine rings is 1. The fraction of sp³-hybridized carbons (Fsp3) is 0.0714. The number of ketones is 1. The zero-order valence-corrected chi connectivity index (χ0v) is 10.6. The smallest absolute Gasteiger partial charge is 0.340 e. The zero-order chi connectivity index (χ0) is 14.9. The van der Waals surface area contributed by atoms with E-state index in [1.807, 2.05) is 0 Å². The van der Waals surface area contributed by atoms with Crippen molar-refractivity contribution in [2.75, 3.05) is 5.73 Å². The van der Waals surface area contributed by atoms with Crippen molar-refractivity contribution in [3.05, 3.63) is 58.5 Å². The van der Waals surface area contributed by atoms with E-state index >= 15 is 0 Å². The average Bonchev–Trinajstić information content (AvgIpc) is 2.37. The topological polar surface area (TPSA) is 93.3 Å². The van der Waals surface area contributed by atoms with Gasteiger partial charge in [0, 0.05) is 17.3 Å². The molecule has 0 spiro atoms. The molecule has 0 aliphatic heterocycles. The van der Waals surface area contributed by atoms with Gasteiger partial charge in [-0.2, -0.15) is 0 Å². The number of benzene rings is 1. The van der Waals surface area contributed by atoms with Crippen LogP contribution in [-0.2, 0) is 0 Å². The van der Waals surface area contributed by atoms with Gasteiger partial charge in [-0.3, -0.25) is 4.79 Å². The quantitative estimate of drug-likeness (QED) is 0.835. The van der Waals surface area contributed by atoms with Crippen LogP contribution in [0.15, 0.2) is 30.5 Å². The Morgan fingerprint density at radius 2 is 1.95 bits per heavy atom. The second-order valence-electron chi connectivity index (χ2n) is 4.21. The third-order valence-corrected chi connectivity index (χ3v) is 2.87. The van der Waals surface area contributed by atoms with Crippen LogP contribution in [0.1, 0.15) is 31.8 Å². The number of rotatable bonds is 3. The summed E-state index contributed by atoms with van der Waals surface area (Å²) >= 11 is 0. The Morgan fingerprint density at radius 3 is 2.55 bits per heavy atom. The van der Waals surface area contributed by atoms with Gasteiger partial charge in [-0.1, -0.05) is 0 Å². The molecule has 0 bridgehead atoms. The minimum atomic E-state index is -1.33. The summed E-state index contributed by atoms with van der Waals surface area (Å²) in [4.78, 5) is 27.2. The molecule has 3 N–H and O–H groups in total. The number of carbonyl (C=O) groups is 2. The summed E-state index contributed by atoms with van der Waals surface area (Å²) in [5, 5.41) is 9.12. The Hall–Kier alpha value is -2.76. The Balaban J connectivity index is 2.60. The molecule has 0 aliphatic carbocycles. The molecule has 2 aromatic rings. The fourth-order valence-corrected chi connectivity index (χ4v) is 1.92. The van der Waals surface area contributed by atoms with Crippen LogP contribution in [0, 0.1) is 12.7 Å². The lowest BCUT2D eigenvalue weighted by atomic mass is 9.96. The summed E-state index contributed by atoms with van der Waals surface area (Å²) in [5.41, 5.74) is 5.72. The van der Waals surface area contributed by atoms with Crippen LogP contribution in [-0.4, -0.2) is 21.8 Å². The van der Waals surface area contributed by atoms with Crippen molar-refractivity contribution in [3.8, 4) is 0 Å². The standard InChI is InChI=1S/C14H11FN2O3/c1-7-6-8(15)2-3-9(7)12(18)10-4-5-17-13(16)11(10)14(19)20/h2-6H,1H3,(H2,16,17)(H,19,20). The maximum absolute atomic E-state index is 13.0. The molecule has 1 aromatic carbocycles. The highest BCUT2D eigenvalue weighted by molar-refractivity contribution is 6.16. The number of aryl methyl sites for hydroxylation is 1. The lowest BCUT2D eigenvalue weighted by Gasteiger charge is -2.09. The number of carboxylic acid groups (broad SMARTS) is 1. The lowest BCUT2D eigenvalue weighted by molar-refractivity contribution is 0.0693. The molecule has 0 radical (unpaired) electrons. The molecule has 102 valence electrons. The van der Waals surface area contributed by atoms with E-state index in [0.29, 0.717) is 5.56 Å². The first-order valence-corrected chi connectivity index (χ1v) is 5.70. The van der Waals surface area contributed by atoms with E-state index in [1.54, 1.807) is 6.92 Å². The number of carbonyl (C=O) groups excluding carboxylic acids is 1. The van der Waals surface area contributed by atoms with Gasteiger partial charge in [0.2, 0.25) is 0 Å². The Morgan fingerprint density at radius 1 is 1.25 bits per heavy atom. The number of nitrogen functional groups attached to an aromatic ring is 1. The molecule has 6 heteroatoms. The van der Waals surface area contributed by atoms with Crippen LogP contribution < -0.4 is 5.73 Å². The Kier molecular flexibility index (Phi) is 3.47.